The van der Waals surface area contributed by atoms with Crippen LogP contribution in [-0.4, -0.2) is 104 Å². The summed E-state index contributed by atoms with van der Waals surface area (Å²) < 4.78 is 5.14. The molecule has 1 rings (SSSR count). The zero-order valence-electron chi connectivity index (χ0n) is 16.1. The van der Waals surface area contributed by atoms with Crippen molar-refractivity contribution >= 4 is 23.9 Å². The fourth-order valence-corrected chi connectivity index (χ4v) is 2.72. The molecule has 1 aliphatic rings. The maximum absolute atomic E-state index is 12.2. The molecule has 14 nitrogen and oxygen atoms in total. The molecule has 0 saturated carbocycles. The maximum Gasteiger partial charge on any atom is 0.370 e. The normalized spacial score (nSPS) is 24.9. The Balaban J connectivity index is 3.22. The van der Waals surface area contributed by atoms with Gasteiger partial charge in [-0.1, -0.05) is 0 Å². The van der Waals surface area contributed by atoms with E-state index in [0.717, 1.165) is 19.9 Å². The van der Waals surface area contributed by atoms with Gasteiger partial charge < -0.3 is 51.3 Å². The Kier molecular flexibility index (Phi) is 8.97. The molecule has 7 atom stereocenters. The second kappa shape index (κ2) is 10.7. The quantitative estimate of drug-likeness (QED) is 0.169. The third-order valence-corrected chi connectivity index (χ3v) is 4.17. The van der Waals surface area contributed by atoms with Crippen molar-refractivity contribution in [1.29, 1.82) is 0 Å². The van der Waals surface area contributed by atoms with Crippen molar-refractivity contribution in [3.05, 3.63) is 11.8 Å². The Morgan fingerprint density at radius 3 is 2.17 bits per heavy atom. The third-order valence-electron chi connectivity index (χ3n) is 4.17. The number of urea groups is 1. The summed E-state index contributed by atoms with van der Waals surface area (Å²) in [4.78, 5) is 46.3. The Hall–Kier alpha value is -2.94. The number of aliphatic hydroxyl groups excluding tert-OH is 4. The van der Waals surface area contributed by atoms with Gasteiger partial charge in [-0.25, -0.2) is 14.4 Å². The van der Waals surface area contributed by atoms with Crippen LogP contribution in [0.4, 0.5) is 4.79 Å². The zero-order chi connectivity index (χ0) is 23.2. The minimum Gasteiger partial charge on any atom is -0.480 e. The van der Waals surface area contributed by atoms with Gasteiger partial charge >= 0.3 is 18.0 Å². The molecule has 0 saturated heterocycles. The summed E-state index contributed by atoms with van der Waals surface area (Å²) in [6.07, 6.45) is -5.81. The van der Waals surface area contributed by atoms with Gasteiger partial charge in [0.2, 0.25) is 11.7 Å². The highest BCUT2D eigenvalue weighted by atomic mass is 16.5. The lowest BCUT2D eigenvalue weighted by Crippen LogP contribution is -2.65. The summed E-state index contributed by atoms with van der Waals surface area (Å²) in [6.45, 7) is 1.30. The molecule has 1 heterocycles. The van der Waals surface area contributed by atoms with Crippen LogP contribution in [0.2, 0.25) is 0 Å². The van der Waals surface area contributed by atoms with Crippen molar-refractivity contribution in [1.82, 2.24) is 16.0 Å². The molecule has 0 aromatic carbocycles. The van der Waals surface area contributed by atoms with E-state index in [0.29, 0.717) is 0 Å². The van der Waals surface area contributed by atoms with Gasteiger partial charge in [-0.05, 0) is 13.0 Å². The van der Waals surface area contributed by atoms with Gasteiger partial charge in [0.25, 0.3) is 0 Å². The van der Waals surface area contributed by atoms with Crippen LogP contribution in [0.3, 0.4) is 0 Å². The standard InChI is InChI=1S/C16H25N3O11/c1-5(21)10(15(27)28)19-16(29)18-7-3-9(14(25)26)30-13(11(7)17-6(2)22)12(24)8(23)4-20/h3,5,7-8,10-13,20-21,23-24H,4H2,1-2H3,(H,17,22)(H,25,26)(H,27,28)(H2,18,19,29)/t5-,7+,8-,10+,11-,12-,13-/m1/s1. The summed E-state index contributed by atoms with van der Waals surface area (Å²) in [5.41, 5.74) is 0. The van der Waals surface area contributed by atoms with E-state index in [2.05, 4.69) is 10.6 Å². The van der Waals surface area contributed by atoms with Crippen LogP contribution in [0.15, 0.2) is 11.8 Å². The summed E-state index contributed by atoms with van der Waals surface area (Å²) in [5.74, 6) is -4.52. The van der Waals surface area contributed by atoms with E-state index >= 15 is 0 Å². The number of carbonyl (C=O) groups excluding carboxylic acids is 2. The smallest absolute Gasteiger partial charge is 0.370 e. The number of hydrogen-bond donors (Lipinski definition) is 9. The van der Waals surface area contributed by atoms with Crippen LogP contribution in [0.1, 0.15) is 13.8 Å². The number of carboxylic acids is 2. The van der Waals surface area contributed by atoms with Gasteiger partial charge in [0.15, 0.2) is 6.04 Å². The Morgan fingerprint density at radius 1 is 1.13 bits per heavy atom. The average Bonchev–Trinajstić information content (AvgIpc) is 2.64. The SMILES string of the molecule is CC(=O)N[C@H]1[C@H]([C@H](O)[C@H](O)CO)OC(C(=O)O)=C[C@@H]1NC(=O)N[C@H](C(=O)O)[C@@H](C)O. The first kappa shape index (κ1) is 25.1. The minimum absolute atomic E-state index is 0.661. The topological polar surface area (TPSA) is 235 Å². The van der Waals surface area contributed by atoms with E-state index in [1.165, 1.54) is 0 Å². The highest BCUT2D eigenvalue weighted by molar-refractivity contribution is 5.86. The fourth-order valence-electron chi connectivity index (χ4n) is 2.72. The summed E-state index contributed by atoms with van der Waals surface area (Å²) in [6, 6.07) is -5.49. The maximum atomic E-state index is 12.2. The van der Waals surface area contributed by atoms with Gasteiger partial charge in [0, 0.05) is 6.92 Å². The molecule has 9 N–H and O–H groups in total. The number of hydrogen-bond acceptors (Lipinski definition) is 9. The van der Waals surface area contributed by atoms with E-state index in [-0.39, 0.29) is 0 Å². The number of nitrogens with one attached hydrogen (secondary N) is 3. The largest absolute Gasteiger partial charge is 0.480 e. The van der Waals surface area contributed by atoms with Crippen LogP contribution in [0.25, 0.3) is 0 Å². The van der Waals surface area contributed by atoms with E-state index in [1.807, 2.05) is 5.32 Å². The lowest BCUT2D eigenvalue weighted by Gasteiger charge is -2.40. The van der Waals surface area contributed by atoms with Crippen molar-refractivity contribution < 1.29 is 54.6 Å². The van der Waals surface area contributed by atoms with Crippen molar-refractivity contribution in [2.45, 2.75) is 56.4 Å². The lowest BCUT2D eigenvalue weighted by molar-refractivity contribution is -0.146. The summed E-state index contributed by atoms with van der Waals surface area (Å²) in [7, 11) is 0. The van der Waals surface area contributed by atoms with Gasteiger partial charge in [0.1, 0.15) is 18.3 Å². The molecule has 0 fully saturated rings. The lowest BCUT2D eigenvalue weighted by atomic mass is 9.92. The second-order valence-corrected chi connectivity index (χ2v) is 6.59. The zero-order valence-corrected chi connectivity index (χ0v) is 16.1. The van der Waals surface area contributed by atoms with Crippen molar-refractivity contribution in [3.63, 3.8) is 0 Å². The molecule has 0 bridgehead atoms. The van der Waals surface area contributed by atoms with E-state index < -0.39 is 78.8 Å². The van der Waals surface area contributed by atoms with E-state index in [9.17, 15) is 39.6 Å². The molecule has 0 unspecified atom stereocenters. The number of aliphatic hydroxyl groups is 4. The Bertz CT molecular complexity index is 696. The highest BCUT2D eigenvalue weighted by Gasteiger charge is 2.44. The summed E-state index contributed by atoms with van der Waals surface area (Å²) in [5, 5.41) is 63.2. The first-order chi connectivity index (χ1) is 13.9. The molecule has 1 aliphatic heterocycles. The first-order valence-electron chi connectivity index (χ1n) is 8.72. The monoisotopic (exact) mass is 435 g/mol. The molecule has 0 aromatic heterocycles. The number of carbonyl (C=O) groups is 4. The summed E-state index contributed by atoms with van der Waals surface area (Å²) >= 11 is 0. The van der Waals surface area contributed by atoms with Crippen LogP contribution < -0.4 is 16.0 Å². The second-order valence-electron chi connectivity index (χ2n) is 6.59. The predicted molar refractivity (Wildman–Crippen MR) is 95.9 cm³/mol. The predicted octanol–water partition coefficient (Wildman–Crippen LogP) is -3.93. The van der Waals surface area contributed by atoms with Crippen molar-refractivity contribution in [2.75, 3.05) is 6.61 Å². The van der Waals surface area contributed by atoms with E-state index in [4.69, 9.17) is 14.9 Å². The van der Waals surface area contributed by atoms with Gasteiger partial charge in [-0.3, -0.25) is 4.79 Å². The first-order valence-corrected chi connectivity index (χ1v) is 8.72. The highest BCUT2D eigenvalue weighted by Crippen LogP contribution is 2.23. The van der Waals surface area contributed by atoms with Crippen LogP contribution in [0, 0.1) is 0 Å². The third kappa shape index (κ3) is 6.55. The van der Waals surface area contributed by atoms with Gasteiger partial charge in [-0.15, -0.1) is 0 Å². The molecule has 0 aromatic rings. The molecule has 0 radical (unpaired) electrons. The molecule has 14 heteroatoms. The number of rotatable bonds is 9. The Morgan fingerprint density at radius 2 is 1.73 bits per heavy atom. The Labute approximate surface area is 170 Å². The van der Waals surface area contributed by atoms with Crippen LogP contribution >= 0.6 is 0 Å². The van der Waals surface area contributed by atoms with Crippen molar-refractivity contribution in [2.24, 2.45) is 0 Å². The van der Waals surface area contributed by atoms with Gasteiger partial charge in [-0.2, -0.15) is 0 Å². The molecular formula is C16H25N3O11. The number of carboxylic acid groups (broad SMARTS) is 2. The minimum atomic E-state index is -1.87. The van der Waals surface area contributed by atoms with E-state index in [1.54, 1.807) is 0 Å². The fraction of sp³-hybridized carbons (Fsp3) is 0.625. The molecule has 170 valence electrons. The molecule has 3 amide bonds. The van der Waals surface area contributed by atoms with Crippen molar-refractivity contribution in [3.8, 4) is 0 Å². The number of amides is 3. The van der Waals surface area contributed by atoms with Crippen LogP contribution in [0.5, 0.6) is 0 Å². The average molecular weight is 435 g/mol. The number of ether oxygens (including phenoxy) is 1. The molecule has 30 heavy (non-hydrogen) atoms. The molecular weight excluding hydrogens is 410 g/mol. The van der Waals surface area contributed by atoms with Crippen LogP contribution in [-0.2, 0) is 19.1 Å². The molecule has 0 aliphatic carbocycles. The molecule has 0 spiro atoms. The van der Waals surface area contributed by atoms with Gasteiger partial charge in [0.05, 0.1) is 24.8 Å². The number of aliphatic carboxylic acids is 2.